The van der Waals surface area contributed by atoms with Crippen molar-refractivity contribution in [3.8, 4) is 0 Å². The number of likely N-dealkylation sites (N-methyl/N-ethyl adjacent to an activating group) is 1. The Bertz CT molecular complexity index is 829. The van der Waals surface area contributed by atoms with Crippen molar-refractivity contribution in [1.82, 2.24) is 15.2 Å². The predicted octanol–water partition coefficient (Wildman–Crippen LogP) is 4.12. The number of hydrogen-bond donors (Lipinski definition) is 1. The molecule has 3 aromatic rings. The van der Waals surface area contributed by atoms with Crippen LogP contribution in [0.4, 0.5) is 0 Å². The zero-order chi connectivity index (χ0) is 19.1. The number of aromatic nitrogens is 1. The summed E-state index contributed by atoms with van der Waals surface area (Å²) in [5.41, 5.74) is 2.77. The van der Waals surface area contributed by atoms with Gasteiger partial charge < -0.3 is 9.73 Å². The highest BCUT2D eigenvalue weighted by Crippen LogP contribution is 2.23. The Hall–Kier alpha value is -2.31. The van der Waals surface area contributed by atoms with E-state index in [1.165, 1.54) is 17.3 Å². The highest BCUT2D eigenvalue weighted by molar-refractivity contribution is 7.99. The fraction of sp³-hybridized carbons (Fsp3) is 0.333. The van der Waals surface area contributed by atoms with Gasteiger partial charge in [0.1, 0.15) is 5.52 Å². The van der Waals surface area contributed by atoms with Crippen LogP contribution in [0, 0.1) is 0 Å². The average molecular weight is 384 g/mol. The summed E-state index contributed by atoms with van der Waals surface area (Å²) < 4.78 is 5.65. The fourth-order valence-electron chi connectivity index (χ4n) is 3.10. The number of benzene rings is 2. The molecule has 0 fully saturated rings. The van der Waals surface area contributed by atoms with E-state index in [0.717, 1.165) is 24.2 Å². The predicted molar refractivity (Wildman–Crippen MR) is 110 cm³/mol. The molecule has 1 heterocycles. The molecule has 1 N–H and O–H groups in total. The Morgan fingerprint density at radius 3 is 2.52 bits per heavy atom. The van der Waals surface area contributed by atoms with Crippen molar-refractivity contribution in [3.63, 3.8) is 0 Å². The molecule has 3 rings (SSSR count). The van der Waals surface area contributed by atoms with E-state index >= 15 is 0 Å². The van der Waals surface area contributed by atoms with E-state index in [9.17, 15) is 4.79 Å². The van der Waals surface area contributed by atoms with Crippen molar-refractivity contribution >= 4 is 28.8 Å². The highest BCUT2D eigenvalue weighted by Gasteiger charge is 2.19. The number of hydrogen-bond acceptors (Lipinski definition) is 5. The SMILES string of the molecule is CCN(CC)C(CNC(=O)CSc1nc2ccccc2o1)c1ccccc1. The third kappa shape index (κ3) is 5.11. The summed E-state index contributed by atoms with van der Waals surface area (Å²) in [7, 11) is 0. The number of oxazole rings is 1. The topological polar surface area (TPSA) is 58.4 Å². The maximum atomic E-state index is 12.3. The van der Waals surface area contributed by atoms with Gasteiger partial charge in [0.2, 0.25) is 5.91 Å². The third-order valence-electron chi connectivity index (χ3n) is 4.53. The maximum Gasteiger partial charge on any atom is 0.257 e. The lowest BCUT2D eigenvalue weighted by Gasteiger charge is -2.30. The Labute approximate surface area is 164 Å². The van der Waals surface area contributed by atoms with Crippen molar-refractivity contribution in [2.45, 2.75) is 25.1 Å². The molecular weight excluding hydrogens is 358 g/mol. The molecule has 0 saturated heterocycles. The van der Waals surface area contributed by atoms with E-state index in [0.29, 0.717) is 11.8 Å². The molecule has 1 unspecified atom stereocenters. The third-order valence-corrected chi connectivity index (χ3v) is 5.36. The second-order valence-electron chi connectivity index (χ2n) is 6.19. The fourth-order valence-corrected chi connectivity index (χ4v) is 3.77. The molecule has 0 aliphatic heterocycles. The van der Waals surface area contributed by atoms with Gasteiger partial charge in [-0.25, -0.2) is 4.98 Å². The molecule has 0 bridgehead atoms. The highest BCUT2D eigenvalue weighted by atomic mass is 32.2. The number of nitrogens with one attached hydrogen (secondary N) is 1. The summed E-state index contributed by atoms with van der Waals surface area (Å²) in [6.07, 6.45) is 0. The lowest BCUT2D eigenvalue weighted by molar-refractivity contribution is -0.118. The first-order chi connectivity index (χ1) is 13.2. The summed E-state index contributed by atoms with van der Waals surface area (Å²) in [4.78, 5) is 19.1. The van der Waals surface area contributed by atoms with Gasteiger partial charge in [-0.1, -0.05) is 68.1 Å². The van der Waals surface area contributed by atoms with Crippen molar-refractivity contribution in [2.24, 2.45) is 0 Å². The van der Waals surface area contributed by atoms with Crippen molar-refractivity contribution < 1.29 is 9.21 Å². The van der Waals surface area contributed by atoms with Crippen molar-refractivity contribution in [3.05, 3.63) is 60.2 Å². The van der Waals surface area contributed by atoms with E-state index in [4.69, 9.17) is 4.42 Å². The van der Waals surface area contributed by atoms with Crippen LogP contribution in [-0.4, -0.2) is 41.2 Å². The van der Waals surface area contributed by atoms with E-state index in [1.807, 2.05) is 42.5 Å². The van der Waals surface area contributed by atoms with Crippen molar-refractivity contribution in [2.75, 3.05) is 25.4 Å². The minimum absolute atomic E-state index is 0.0182. The quantitative estimate of drug-likeness (QED) is 0.563. The van der Waals surface area contributed by atoms with Crippen LogP contribution < -0.4 is 5.32 Å². The summed E-state index contributed by atoms with van der Waals surface area (Å²) in [5, 5.41) is 3.59. The lowest BCUT2D eigenvalue weighted by Crippen LogP contribution is -2.38. The van der Waals surface area contributed by atoms with Gasteiger partial charge in [0, 0.05) is 6.54 Å². The minimum Gasteiger partial charge on any atom is -0.431 e. The summed E-state index contributed by atoms with van der Waals surface area (Å²) >= 11 is 1.32. The van der Waals surface area contributed by atoms with E-state index in [-0.39, 0.29) is 17.7 Å². The molecule has 0 spiro atoms. The Morgan fingerprint density at radius 2 is 1.81 bits per heavy atom. The molecule has 27 heavy (non-hydrogen) atoms. The number of carbonyl (C=O) groups excluding carboxylic acids is 1. The van der Waals surface area contributed by atoms with Crippen molar-refractivity contribution in [1.29, 1.82) is 0 Å². The van der Waals surface area contributed by atoms with E-state index in [2.05, 4.69) is 41.2 Å². The van der Waals surface area contributed by atoms with E-state index < -0.39 is 0 Å². The molecule has 0 radical (unpaired) electrons. The first-order valence-electron chi connectivity index (χ1n) is 9.25. The summed E-state index contributed by atoms with van der Waals surface area (Å²) in [6, 6.07) is 18.1. The largest absolute Gasteiger partial charge is 0.431 e. The lowest BCUT2D eigenvalue weighted by atomic mass is 10.1. The van der Waals surface area contributed by atoms with Crippen LogP contribution in [0.2, 0.25) is 0 Å². The maximum absolute atomic E-state index is 12.3. The van der Waals surface area contributed by atoms with E-state index in [1.54, 1.807) is 0 Å². The van der Waals surface area contributed by atoms with Crippen LogP contribution in [0.3, 0.4) is 0 Å². The second-order valence-corrected chi connectivity index (χ2v) is 7.11. The minimum atomic E-state index is -0.0182. The smallest absolute Gasteiger partial charge is 0.257 e. The Balaban J connectivity index is 1.57. The Morgan fingerprint density at radius 1 is 1.11 bits per heavy atom. The zero-order valence-electron chi connectivity index (χ0n) is 15.7. The molecule has 5 nitrogen and oxygen atoms in total. The van der Waals surface area contributed by atoms with Crippen LogP contribution in [0.25, 0.3) is 11.1 Å². The molecule has 1 aromatic heterocycles. The van der Waals surface area contributed by atoms with Gasteiger partial charge in [-0.2, -0.15) is 0 Å². The van der Waals surface area contributed by atoms with Gasteiger partial charge in [-0.3, -0.25) is 9.69 Å². The standard InChI is InChI=1S/C21H25N3O2S/c1-3-24(4-2)18(16-10-6-5-7-11-16)14-22-20(25)15-27-21-23-17-12-8-9-13-19(17)26-21/h5-13,18H,3-4,14-15H2,1-2H3,(H,22,25). The summed E-state index contributed by atoms with van der Waals surface area (Å²) in [6.45, 7) is 6.74. The number of carbonyl (C=O) groups is 1. The van der Waals surface area contributed by atoms with Gasteiger partial charge >= 0.3 is 0 Å². The number of rotatable bonds is 9. The van der Waals surface area contributed by atoms with Gasteiger partial charge in [0.05, 0.1) is 11.8 Å². The molecular formula is C21H25N3O2S. The van der Waals surface area contributed by atoms with Crippen LogP contribution in [0.1, 0.15) is 25.5 Å². The zero-order valence-corrected chi connectivity index (χ0v) is 16.5. The normalized spacial score (nSPS) is 12.4. The van der Waals surface area contributed by atoms with Crippen LogP contribution in [0.5, 0.6) is 0 Å². The van der Waals surface area contributed by atoms with Crippen LogP contribution in [0.15, 0.2) is 64.2 Å². The van der Waals surface area contributed by atoms with Crippen LogP contribution >= 0.6 is 11.8 Å². The number of fused-ring (bicyclic) bond motifs is 1. The summed E-state index contributed by atoms with van der Waals surface area (Å²) in [5.74, 6) is 0.266. The number of para-hydroxylation sites is 2. The molecule has 0 aliphatic carbocycles. The van der Waals surface area contributed by atoms with Gasteiger partial charge in [-0.05, 0) is 30.8 Å². The molecule has 2 aromatic carbocycles. The van der Waals surface area contributed by atoms with Gasteiger partial charge in [0.15, 0.2) is 5.58 Å². The first kappa shape index (κ1) is 19.5. The molecule has 1 atom stereocenters. The van der Waals surface area contributed by atoms with Gasteiger partial charge in [-0.15, -0.1) is 0 Å². The number of nitrogens with zero attached hydrogens (tertiary/aromatic N) is 2. The molecule has 1 amide bonds. The Kier molecular flexibility index (Phi) is 6.90. The monoisotopic (exact) mass is 383 g/mol. The molecule has 0 aliphatic rings. The molecule has 6 heteroatoms. The molecule has 142 valence electrons. The van der Waals surface area contributed by atoms with Gasteiger partial charge in [0.25, 0.3) is 5.22 Å². The second kappa shape index (κ2) is 9.58. The van der Waals surface area contributed by atoms with Crippen LogP contribution in [-0.2, 0) is 4.79 Å². The number of thioether (sulfide) groups is 1. The molecule has 0 saturated carbocycles. The average Bonchev–Trinajstić information content (AvgIpc) is 3.13. The first-order valence-corrected chi connectivity index (χ1v) is 10.2. The number of amides is 1.